The van der Waals surface area contributed by atoms with Gasteiger partial charge in [0.15, 0.2) is 0 Å². The Kier molecular flexibility index (Phi) is 5.04. The first-order valence-electron chi connectivity index (χ1n) is 8.80. The van der Waals surface area contributed by atoms with Crippen molar-refractivity contribution >= 4 is 33.5 Å². The second-order valence-corrected chi connectivity index (χ2v) is 7.62. The molecule has 1 aromatic heterocycles. The first-order chi connectivity index (χ1) is 13.5. The van der Waals surface area contributed by atoms with Crippen LogP contribution in [0.15, 0.2) is 71.5 Å². The first kappa shape index (κ1) is 18.5. The number of benzene rings is 3. The lowest BCUT2D eigenvalue weighted by Crippen LogP contribution is -2.24. The van der Waals surface area contributed by atoms with E-state index in [-0.39, 0.29) is 17.1 Å². The van der Waals surface area contributed by atoms with Gasteiger partial charge in [-0.05, 0) is 64.9 Å². The highest BCUT2D eigenvalue weighted by Crippen LogP contribution is 2.25. The van der Waals surface area contributed by atoms with E-state index in [0.29, 0.717) is 35.3 Å². The minimum absolute atomic E-state index is 0.0784. The number of hydrogen-bond acceptors (Lipinski definition) is 4. The number of nitrogens with zero attached hydrogens (tertiary/aromatic N) is 2. The van der Waals surface area contributed by atoms with Crippen molar-refractivity contribution in [2.75, 3.05) is 0 Å². The van der Waals surface area contributed by atoms with Crippen LogP contribution < -0.4 is 5.56 Å². The molecule has 4 aromatic rings. The van der Waals surface area contributed by atoms with Gasteiger partial charge in [-0.2, -0.15) is 0 Å². The molecule has 0 amide bonds. The molecule has 0 saturated heterocycles. The predicted molar refractivity (Wildman–Crippen MR) is 118 cm³/mol. The fraction of sp³-hybridized carbons (Fsp3) is 0.0909. The number of rotatable bonds is 4. The van der Waals surface area contributed by atoms with Crippen molar-refractivity contribution in [2.24, 2.45) is 0 Å². The highest BCUT2D eigenvalue weighted by Gasteiger charge is 2.15. The summed E-state index contributed by atoms with van der Waals surface area (Å²) in [6, 6.07) is 19.5. The van der Waals surface area contributed by atoms with Gasteiger partial charge in [0.25, 0.3) is 5.56 Å². The van der Waals surface area contributed by atoms with Gasteiger partial charge < -0.3 is 10.2 Å². The van der Waals surface area contributed by atoms with Crippen molar-refractivity contribution in [1.82, 2.24) is 9.55 Å². The van der Waals surface area contributed by atoms with Crippen molar-refractivity contribution in [2.45, 2.75) is 13.0 Å². The summed E-state index contributed by atoms with van der Waals surface area (Å²) in [5, 5.41) is 20.3. The van der Waals surface area contributed by atoms with E-state index >= 15 is 0 Å². The molecule has 0 aliphatic carbocycles. The molecule has 0 atom stereocenters. The van der Waals surface area contributed by atoms with Gasteiger partial charge in [-0.3, -0.25) is 9.36 Å². The molecule has 0 spiro atoms. The largest absolute Gasteiger partial charge is 0.508 e. The van der Waals surface area contributed by atoms with Gasteiger partial charge in [0, 0.05) is 15.7 Å². The lowest BCUT2D eigenvalue weighted by molar-refractivity contribution is 0.452. The molecule has 0 fully saturated rings. The number of hydrogen-bond donors (Lipinski definition) is 2. The van der Waals surface area contributed by atoms with Crippen LogP contribution in [0.2, 0.25) is 0 Å². The van der Waals surface area contributed by atoms with Crippen LogP contribution in [0.5, 0.6) is 11.5 Å². The molecule has 4 rings (SSSR count). The second kappa shape index (κ2) is 7.63. The molecule has 5 nitrogen and oxygen atoms in total. The van der Waals surface area contributed by atoms with Gasteiger partial charge >= 0.3 is 0 Å². The zero-order valence-corrected chi connectivity index (χ0v) is 17.0. The maximum atomic E-state index is 13.3. The third-order valence-electron chi connectivity index (χ3n) is 4.64. The molecule has 28 heavy (non-hydrogen) atoms. The van der Waals surface area contributed by atoms with Crippen molar-refractivity contribution in [3.05, 3.63) is 86.2 Å². The van der Waals surface area contributed by atoms with Crippen LogP contribution in [0.1, 0.15) is 5.56 Å². The van der Waals surface area contributed by atoms with Crippen molar-refractivity contribution in [3.63, 3.8) is 0 Å². The lowest BCUT2D eigenvalue weighted by atomic mass is 10.1. The van der Waals surface area contributed by atoms with Crippen molar-refractivity contribution in [1.29, 1.82) is 0 Å². The van der Waals surface area contributed by atoms with Gasteiger partial charge in [-0.15, -0.1) is 0 Å². The fourth-order valence-corrected chi connectivity index (χ4v) is 3.85. The number of aryl methyl sites for hydroxylation is 1. The van der Waals surface area contributed by atoms with Gasteiger partial charge in [-0.1, -0.05) is 36.4 Å². The zero-order chi connectivity index (χ0) is 19.7. The monoisotopic (exact) mass is 484 g/mol. The Hall–Kier alpha value is -2.87. The van der Waals surface area contributed by atoms with E-state index < -0.39 is 0 Å². The minimum Gasteiger partial charge on any atom is -0.508 e. The number of aromatic hydroxyl groups is 2. The zero-order valence-electron chi connectivity index (χ0n) is 14.8. The summed E-state index contributed by atoms with van der Waals surface area (Å²) in [4.78, 5) is 18.1. The molecule has 6 heteroatoms. The quantitative estimate of drug-likeness (QED) is 0.334. The van der Waals surface area contributed by atoms with Gasteiger partial charge in [-0.25, -0.2) is 4.98 Å². The molecular formula is C22H17IN2O3. The van der Waals surface area contributed by atoms with E-state index in [0.717, 1.165) is 9.13 Å². The Balaban J connectivity index is 1.87. The maximum absolute atomic E-state index is 13.3. The van der Waals surface area contributed by atoms with E-state index in [1.165, 1.54) is 18.2 Å². The van der Waals surface area contributed by atoms with E-state index in [9.17, 15) is 15.0 Å². The van der Waals surface area contributed by atoms with Crippen LogP contribution >= 0.6 is 22.6 Å². The van der Waals surface area contributed by atoms with Gasteiger partial charge in [0.2, 0.25) is 0 Å². The molecule has 0 bridgehead atoms. The Morgan fingerprint density at radius 1 is 0.964 bits per heavy atom. The summed E-state index contributed by atoms with van der Waals surface area (Å²) in [6.07, 6.45) is 0.386. The number of para-hydroxylation sites is 1. The van der Waals surface area contributed by atoms with E-state index in [1.807, 2.05) is 42.5 Å². The number of fused-ring (bicyclic) bond motifs is 1. The summed E-state index contributed by atoms with van der Waals surface area (Å²) in [6.45, 7) is 0.328. The van der Waals surface area contributed by atoms with E-state index in [1.54, 1.807) is 10.6 Å². The SMILES string of the molecule is O=c1c2cccc(I)c2nc(-c2ccccc2)n1CCc1cc(O)ccc1O. The molecule has 3 aromatic carbocycles. The molecule has 0 unspecified atom stereocenters. The Morgan fingerprint density at radius 3 is 2.54 bits per heavy atom. The average molecular weight is 484 g/mol. The summed E-state index contributed by atoms with van der Waals surface area (Å²) in [7, 11) is 0. The van der Waals surface area contributed by atoms with Crippen LogP contribution in [0.3, 0.4) is 0 Å². The molecule has 0 aliphatic heterocycles. The third-order valence-corrected chi connectivity index (χ3v) is 5.51. The Bertz CT molecular complexity index is 1220. The Labute approximate surface area is 175 Å². The van der Waals surface area contributed by atoms with Crippen LogP contribution in [-0.2, 0) is 13.0 Å². The number of halogens is 1. The summed E-state index contributed by atoms with van der Waals surface area (Å²) < 4.78 is 2.55. The predicted octanol–water partition coefficient (Wildman–Crippen LogP) is 4.32. The van der Waals surface area contributed by atoms with Crippen molar-refractivity contribution < 1.29 is 10.2 Å². The standard InChI is InChI=1S/C22H17IN2O3/c23-18-8-4-7-17-20(18)24-21(14-5-2-1-3-6-14)25(22(17)28)12-11-15-13-16(26)9-10-19(15)27/h1-10,13,26-27H,11-12H2. The third kappa shape index (κ3) is 3.47. The molecule has 0 radical (unpaired) electrons. The lowest BCUT2D eigenvalue weighted by Gasteiger charge is -2.15. The number of phenolic OH excluding ortho intramolecular Hbond substituents is 2. The van der Waals surface area contributed by atoms with E-state index in [2.05, 4.69) is 22.6 Å². The average Bonchev–Trinajstić information content (AvgIpc) is 2.71. The normalized spacial score (nSPS) is 11.0. The van der Waals surface area contributed by atoms with Crippen LogP contribution in [0, 0.1) is 3.57 Å². The fourth-order valence-electron chi connectivity index (χ4n) is 3.23. The molecule has 2 N–H and O–H groups in total. The van der Waals surface area contributed by atoms with Gasteiger partial charge in [0.05, 0.1) is 10.9 Å². The molecule has 0 aliphatic rings. The minimum atomic E-state index is -0.123. The smallest absolute Gasteiger partial charge is 0.261 e. The van der Waals surface area contributed by atoms with Crippen LogP contribution in [-0.4, -0.2) is 19.8 Å². The highest BCUT2D eigenvalue weighted by molar-refractivity contribution is 14.1. The maximum Gasteiger partial charge on any atom is 0.261 e. The molecule has 140 valence electrons. The summed E-state index contributed by atoms with van der Waals surface area (Å²) >= 11 is 2.19. The van der Waals surface area contributed by atoms with Crippen LogP contribution in [0.4, 0.5) is 0 Å². The van der Waals surface area contributed by atoms with Gasteiger partial charge in [0.1, 0.15) is 17.3 Å². The van der Waals surface area contributed by atoms with Crippen LogP contribution in [0.25, 0.3) is 22.3 Å². The first-order valence-corrected chi connectivity index (χ1v) is 9.88. The van der Waals surface area contributed by atoms with Crippen molar-refractivity contribution in [3.8, 4) is 22.9 Å². The number of aromatic nitrogens is 2. The topological polar surface area (TPSA) is 75.4 Å². The Morgan fingerprint density at radius 2 is 1.75 bits per heavy atom. The van der Waals surface area contributed by atoms with E-state index in [4.69, 9.17) is 4.98 Å². The summed E-state index contributed by atoms with van der Waals surface area (Å²) in [5.41, 5.74) is 1.99. The molecule has 1 heterocycles. The molecule has 0 saturated carbocycles. The highest BCUT2D eigenvalue weighted by atomic mass is 127. The summed E-state index contributed by atoms with van der Waals surface area (Å²) in [5.74, 6) is 0.756. The number of phenols is 2. The molecular weight excluding hydrogens is 467 g/mol. The second-order valence-electron chi connectivity index (χ2n) is 6.46.